The van der Waals surface area contributed by atoms with E-state index in [1.54, 1.807) is 35.1 Å². The summed E-state index contributed by atoms with van der Waals surface area (Å²) in [4.78, 5) is 24.7. The van der Waals surface area contributed by atoms with Crippen LogP contribution in [0.15, 0.2) is 54.7 Å². The number of hydrogen-bond donors (Lipinski definition) is 2. The Bertz CT molecular complexity index is 1360. The molecule has 0 aliphatic rings. The van der Waals surface area contributed by atoms with Crippen LogP contribution >= 0.6 is 0 Å². The quantitative estimate of drug-likeness (QED) is 0.443. The normalized spacial score (nSPS) is 11.5. The Morgan fingerprint density at radius 3 is 2.67 bits per heavy atom. The molecule has 0 saturated heterocycles. The highest BCUT2D eigenvalue weighted by Crippen LogP contribution is 2.25. The summed E-state index contributed by atoms with van der Waals surface area (Å²) >= 11 is 0. The Balaban J connectivity index is 1.71. The summed E-state index contributed by atoms with van der Waals surface area (Å²) in [7, 11) is 0. The second kappa shape index (κ2) is 9.23. The van der Waals surface area contributed by atoms with Crippen LogP contribution in [-0.4, -0.2) is 47.1 Å². The van der Waals surface area contributed by atoms with Crippen LogP contribution in [0, 0.1) is 18.3 Å². The molecule has 0 saturated carbocycles. The number of nitrogens with zero attached hydrogens (tertiary/aromatic N) is 7. The van der Waals surface area contributed by atoms with Crippen molar-refractivity contribution in [1.29, 1.82) is 5.26 Å². The first-order chi connectivity index (χ1) is 15.9. The van der Waals surface area contributed by atoms with E-state index in [1.807, 2.05) is 31.2 Å². The molecule has 0 radical (unpaired) electrons. The molecule has 1 aromatic carbocycles. The molecular weight excluding hydrogens is 420 g/mol. The lowest BCUT2D eigenvalue weighted by Crippen LogP contribution is -2.26. The van der Waals surface area contributed by atoms with Crippen molar-refractivity contribution >= 4 is 11.9 Å². The topological polar surface area (TPSA) is 142 Å². The Labute approximate surface area is 189 Å². The summed E-state index contributed by atoms with van der Waals surface area (Å²) in [6.45, 7) is 3.87. The van der Waals surface area contributed by atoms with Crippen LogP contribution in [-0.2, 0) is 11.3 Å². The Morgan fingerprint density at radius 2 is 1.91 bits per heavy atom. The van der Waals surface area contributed by atoms with Crippen molar-refractivity contribution in [3.05, 3.63) is 71.7 Å². The molecule has 1 atom stereocenters. The molecule has 10 nitrogen and oxygen atoms in total. The molecule has 3 aromatic heterocycles. The molecule has 0 unspecified atom stereocenters. The molecule has 3 heterocycles. The number of hydrogen-bond acceptors (Lipinski definition) is 8. The van der Waals surface area contributed by atoms with Gasteiger partial charge < -0.3 is 10.4 Å². The van der Waals surface area contributed by atoms with Crippen molar-refractivity contribution in [3.8, 4) is 28.7 Å². The first-order valence-corrected chi connectivity index (χ1v) is 10.1. The highest BCUT2D eigenvalue weighted by molar-refractivity contribution is 5.76. The predicted molar refractivity (Wildman–Crippen MR) is 120 cm³/mol. The Hall–Kier alpha value is -4.65. The van der Waals surface area contributed by atoms with E-state index in [0.717, 1.165) is 11.4 Å². The van der Waals surface area contributed by atoms with Gasteiger partial charge in [-0.25, -0.2) is 14.6 Å². The van der Waals surface area contributed by atoms with E-state index in [0.29, 0.717) is 34.8 Å². The second-order valence-corrected chi connectivity index (χ2v) is 7.43. The van der Waals surface area contributed by atoms with E-state index < -0.39 is 12.0 Å². The lowest BCUT2D eigenvalue weighted by molar-refractivity contribution is -0.137. The number of aryl methyl sites for hydroxylation is 1. The van der Waals surface area contributed by atoms with Crippen molar-refractivity contribution in [2.75, 3.05) is 5.32 Å². The van der Waals surface area contributed by atoms with E-state index in [2.05, 4.69) is 36.7 Å². The van der Waals surface area contributed by atoms with E-state index in [4.69, 9.17) is 0 Å². The third-order valence-electron chi connectivity index (χ3n) is 4.80. The van der Waals surface area contributed by atoms with Gasteiger partial charge in [-0.05, 0) is 44.2 Å². The fraction of sp³-hybridized carbons (Fsp3) is 0.174. The van der Waals surface area contributed by atoms with Crippen LogP contribution in [0.1, 0.15) is 23.9 Å². The molecule has 33 heavy (non-hydrogen) atoms. The van der Waals surface area contributed by atoms with Gasteiger partial charge in [-0.1, -0.05) is 23.4 Å². The lowest BCUT2D eigenvalue weighted by atomic mass is 10.1. The number of benzene rings is 1. The van der Waals surface area contributed by atoms with Crippen molar-refractivity contribution in [2.45, 2.75) is 26.4 Å². The molecule has 2 N–H and O–H groups in total. The van der Waals surface area contributed by atoms with Gasteiger partial charge in [-0.2, -0.15) is 5.26 Å². The summed E-state index contributed by atoms with van der Waals surface area (Å²) < 4.78 is 1.65. The summed E-state index contributed by atoms with van der Waals surface area (Å²) in [5, 5.41) is 29.7. The van der Waals surface area contributed by atoms with Crippen molar-refractivity contribution < 1.29 is 9.90 Å². The van der Waals surface area contributed by atoms with Gasteiger partial charge in [0.1, 0.15) is 11.7 Å². The minimum Gasteiger partial charge on any atom is -0.480 e. The molecule has 0 fully saturated rings. The number of anilines is 1. The van der Waals surface area contributed by atoms with Crippen LogP contribution in [0.5, 0.6) is 0 Å². The average Bonchev–Trinajstić information content (AvgIpc) is 3.27. The maximum Gasteiger partial charge on any atom is 0.325 e. The molecule has 4 rings (SSSR count). The summed E-state index contributed by atoms with van der Waals surface area (Å²) in [5.74, 6) is -0.900. The zero-order valence-electron chi connectivity index (χ0n) is 18.0. The number of carbonyl (C=O) groups is 1. The molecular formula is C23H20N8O2. The smallest absolute Gasteiger partial charge is 0.325 e. The van der Waals surface area contributed by atoms with E-state index in [1.165, 1.54) is 6.92 Å². The minimum absolute atomic E-state index is 0.134. The van der Waals surface area contributed by atoms with Crippen LogP contribution in [0.4, 0.5) is 5.95 Å². The molecule has 10 heteroatoms. The largest absolute Gasteiger partial charge is 0.480 e. The van der Waals surface area contributed by atoms with Gasteiger partial charge in [0.15, 0.2) is 0 Å². The average molecular weight is 440 g/mol. The first kappa shape index (κ1) is 21.6. The molecule has 0 spiro atoms. The molecule has 0 aliphatic heterocycles. The van der Waals surface area contributed by atoms with Gasteiger partial charge in [0, 0.05) is 11.3 Å². The highest BCUT2D eigenvalue weighted by atomic mass is 16.4. The summed E-state index contributed by atoms with van der Waals surface area (Å²) in [6, 6.07) is 15.7. The van der Waals surface area contributed by atoms with Gasteiger partial charge in [0.05, 0.1) is 41.5 Å². The van der Waals surface area contributed by atoms with Gasteiger partial charge in [0.25, 0.3) is 0 Å². The summed E-state index contributed by atoms with van der Waals surface area (Å²) in [5.41, 5.74) is 4.42. The third-order valence-corrected chi connectivity index (χ3v) is 4.80. The Morgan fingerprint density at radius 1 is 1.12 bits per heavy atom. The van der Waals surface area contributed by atoms with Crippen LogP contribution in [0.2, 0.25) is 0 Å². The number of aliphatic carboxylic acids is 1. The number of carboxylic acid groups (broad SMARTS) is 1. The van der Waals surface area contributed by atoms with Gasteiger partial charge in [-0.3, -0.25) is 9.78 Å². The minimum atomic E-state index is -1.03. The molecule has 4 aromatic rings. The standard InChI is InChI=1S/C23H20N8O2/c1-14-5-3-8-18(25-14)12-31-13-21(29-30-31)20-10-19(17-7-4-6-16(9-17)11-24)27-23(28-20)26-15(2)22(32)33/h3-10,13,15H,12H2,1-2H3,(H,32,33)(H,26,27,28)/t15-/m1/s1. The van der Waals surface area contributed by atoms with E-state index in [-0.39, 0.29) is 5.95 Å². The molecule has 0 amide bonds. The van der Waals surface area contributed by atoms with Gasteiger partial charge in [0.2, 0.25) is 5.95 Å². The molecule has 164 valence electrons. The van der Waals surface area contributed by atoms with Crippen LogP contribution in [0.3, 0.4) is 0 Å². The fourth-order valence-corrected chi connectivity index (χ4v) is 3.14. The predicted octanol–water partition coefficient (Wildman–Crippen LogP) is 2.91. The first-order valence-electron chi connectivity index (χ1n) is 10.1. The maximum absolute atomic E-state index is 11.3. The van der Waals surface area contributed by atoms with Crippen LogP contribution < -0.4 is 5.32 Å². The zero-order valence-corrected chi connectivity index (χ0v) is 18.0. The van der Waals surface area contributed by atoms with E-state index in [9.17, 15) is 15.2 Å². The zero-order chi connectivity index (χ0) is 23.4. The molecule has 0 aliphatic carbocycles. The number of pyridine rings is 1. The summed E-state index contributed by atoms with van der Waals surface area (Å²) in [6.07, 6.45) is 1.74. The van der Waals surface area contributed by atoms with Crippen molar-refractivity contribution in [1.82, 2.24) is 29.9 Å². The van der Waals surface area contributed by atoms with Crippen molar-refractivity contribution in [2.24, 2.45) is 0 Å². The SMILES string of the molecule is Cc1cccc(Cn2cc(-c3cc(-c4cccc(C#N)c4)nc(N[C@H](C)C(=O)O)n3)nn2)n1. The highest BCUT2D eigenvalue weighted by Gasteiger charge is 2.16. The van der Waals surface area contributed by atoms with E-state index >= 15 is 0 Å². The maximum atomic E-state index is 11.3. The second-order valence-electron chi connectivity index (χ2n) is 7.43. The Kier molecular flexibility index (Phi) is 6.04. The van der Waals surface area contributed by atoms with Gasteiger partial charge in [-0.15, -0.1) is 5.10 Å². The van der Waals surface area contributed by atoms with Crippen LogP contribution in [0.25, 0.3) is 22.6 Å². The van der Waals surface area contributed by atoms with Gasteiger partial charge >= 0.3 is 5.97 Å². The number of rotatable bonds is 7. The lowest BCUT2D eigenvalue weighted by Gasteiger charge is -2.12. The third kappa shape index (κ3) is 5.16. The number of carboxylic acids is 1. The molecule has 0 bridgehead atoms. The van der Waals surface area contributed by atoms with Crippen molar-refractivity contribution in [3.63, 3.8) is 0 Å². The monoisotopic (exact) mass is 440 g/mol. The number of nitrogens with one attached hydrogen (secondary N) is 1. The number of nitriles is 1. The number of aromatic nitrogens is 6. The fourth-order valence-electron chi connectivity index (χ4n) is 3.14.